The molecule has 0 amide bonds. The summed E-state index contributed by atoms with van der Waals surface area (Å²) in [6.45, 7) is 0. The molecule has 0 spiro atoms. The van der Waals surface area contributed by atoms with E-state index in [1.807, 2.05) is 0 Å². The molecule has 5 aromatic rings. The maximum atomic E-state index is 13.5. The first-order chi connectivity index (χ1) is 20.1. The van der Waals surface area contributed by atoms with Crippen molar-refractivity contribution in [1.29, 1.82) is 0 Å². The summed E-state index contributed by atoms with van der Waals surface area (Å²) in [4.78, 5) is 12.5. The number of carbonyl (C=O) groups excluding carboxylic acids is 1. The topological polar surface area (TPSA) is 122 Å². The van der Waals surface area contributed by atoms with Gasteiger partial charge in [-0.3, -0.25) is 0 Å². The quantitative estimate of drug-likeness (QED) is 0.163. The van der Waals surface area contributed by atoms with Crippen LogP contribution < -0.4 is 4.74 Å². The molecule has 9 nitrogen and oxygen atoms in total. The minimum absolute atomic E-state index is 0.102. The molecule has 0 aliphatic rings. The molecule has 0 radical (unpaired) electrons. The van der Waals surface area contributed by atoms with E-state index in [1.54, 1.807) is 98.1 Å². The minimum Gasteiger partial charge on any atom is -0.497 e. The molecule has 1 heterocycles. The lowest BCUT2D eigenvalue weighted by Crippen LogP contribution is -2.16. The normalized spacial score (nSPS) is 11.2. The molecule has 0 saturated carbocycles. The summed E-state index contributed by atoms with van der Waals surface area (Å²) in [5, 5.41) is 4.41. The van der Waals surface area contributed by atoms with Crippen molar-refractivity contribution in [3.8, 4) is 28.3 Å². The van der Waals surface area contributed by atoms with Crippen molar-refractivity contribution in [2.45, 2.75) is 9.79 Å². The second-order valence-electron chi connectivity index (χ2n) is 8.59. The number of esters is 1. The van der Waals surface area contributed by atoms with E-state index in [0.29, 0.717) is 28.3 Å². The molecule has 12 heteroatoms. The summed E-state index contributed by atoms with van der Waals surface area (Å²) < 4.78 is 59.2. The average Bonchev–Trinajstić information content (AvgIpc) is 3.48. The van der Waals surface area contributed by atoms with E-state index in [9.17, 15) is 21.6 Å². The Kier molecular flexibility index (Phi) is 9.46. The molecule has 5 rings (SSSR count). The molecule has 0 unspecified atom stereocenters. The van der Waals surface area contributed by atoms with E-state index in [1.165, 1.54) is 31.4 Å². The molecule has 1 aromatic heterocycles. The van der Waals surface area contributed by atoms with Gasteiger partial charge in [-0.2, -0.15) is 17.6 Å². The number of carbonyl (C=O) groups is 1. The van der Waals surface area contributed by atoms with Crippen LogP contribution in [-0.2, 0) is 23.8 Å². The van der Waals surface area contributed by atoms with Crippen LogP contribution in [0.15, 0.2) is 125 Å². The van der Waals surface area contributed by atoms with Crippen LogP contribution in [0.2, 0.25) is 0 Å². The predicted molar refractivity (Wildman–Crippen MR) is 159 cm³/mol. The molecule has 0 fully saturated rings. The summed E-state index contributed by atoms with van der Waals surface area (Å²) >= 11 is 0. The van der Waals surface area contributed by atoms with Crippen LogP contribution in [-0.4, -0.2) is 46.2 Å². The first-order valence-corrected chi connectivity index (χ1v) is 16.0. The highest BCUT2D eigenvalue weighted by molar-refractivity contribution is 8.13. The molecular weight excluding hydrogens is 600 g/mol. The average molecular weight is 625 g/mol. The number of ether oxygens (including phenoxy) is 2. The Morgan fingerprint density at radius 3 is 1.81 bits per heavy atom. The fraction of sp³-hybridized carbons (Fsp3) is 0.0667. The van der Waals surface area contributed by atoms with Crippen molar-refractivity contribution < 1.29 is 31.1 Å². The minimum atomic E-state index is -4.00. The van der Waals surface area contributed by atoms with Gasteiger partial charge in [-0.25, -0.2) is 13.2 Å². The Labute approximate surface area is 248 Å². The Morgan fingerprint density at radius 2 is 1.29 bits per heavy atom. The van der Waals surface area contributed by atoms with Gasteiger partial charge in [-0.1, -0.05) is 54.6 Å². The maximum Gasteiger partial charge on any atom is 0.338 e. The Bertz CT molecular complexity index is 1890. The number of hydrogen-bond donors (Lipinski definition) is 0. The van der Waals surface area contributed by atoms with Gasteiger partial charge in [0.05, 0.1) is 41.0 Å². The van der Waals surface area contributed by atoms with Gasteiger partial charge in [0.1, 0.15) is 5.75 Å². The number of rotatable bonds is 7. The number of halogens is 1. The van der Waals surface area contributed by atoms with Gasteiger partial charge >= 0.3 is 5.97 Å². The Hall–Kier alpha value is -4.45. The van der Waals surface area contributed by atoms with Crippen LogP contribution >= 0.6 is 10.7 Å². The molecule has 0 bridgehead atoms. The fourth-order valence-electron chi connectivity index (χ4n) is 3.91. The van der Waals surface area contributed by atoms with Gasteiger partial charge in [0.15, 0.2) is 0 Å². The SMILES string of the molecule is COC(=O)c1ccccc1-c1cc(-c2ccc(OC)cc2)n(S(=O)(=O)c2ccccc2)n1.O=S(=O)(Cl)c1ccccc1. The second kappa shape index (κ2) is 13.0. The van der Waals surface area contributed by atoms with E-state index < -0.39 is 25.0 Å². The second-order valence-corrected chi connectivity index (χ2v) is 12.9. The Morgan fingerprint density at radius 1 is 0.738 bits per heavy atom. The van der Waals surface area contributed by atoms with Crippen LogP contribution in [0.1, 0.15) is 10.4 Å². The summed E-state index contributed by atoms with van der Waals surface area (Å²) in [5.41, 5.74) is 2.07. The predicted octanol–water partition coefficient (Wildman–Crippen LogP) is 5.86. The highest BCUT2D eigenvalue weighted by Crippen LogP contribution is 2.32. The lowest BCUT2D eigenvalue weighted by molar-refractivity contribution is 0.0601. The third kappa shape index (κ3) is 6.88. The maximum absolute atomic E-state index is 13.5. The van der Waals surface area contributed by atoms with Crippen molar-refractivity contribution in [1.82, 2.24) is 9.19 Å². The number of methoxy groups -OCH3 is 2. The van der Waals surface area contributed by atoms with E-state index >= 15 is 0 Å². The zero-order valence-electron chi connectivity index (χ0n) is 22.4. The largest absolute Gasteiger partial charge is 0.497 e. The molecule has 4 aromatic carbocycles. The number of hydrogen-bond acceptors (Lipinski definition) is 8. The number of nitrogens with zero attached hydrogens (tertiary/aromatic N) is 2. The highest BCUT2D eigenvalue weighted by Gasteiger charge is 2.25. The summed E-state index contributed by atoms with van der Waals surface area (Å²) in [6, 6.07) is 31.3. The zero-order chi connectivity index (χ0) is 30.3. The van der Waals surface area contributed by atoms with Gasteiger partial charge in [0.2, 0.25) is 0 Å². The number of aromatic nitrogens is 2. The third-order valence-electron chi connectivity index (χ3n) is 5.97. The van der Waals surface area contributed by atoms with E-state index in [-0.39, 0.29) is 15.4 Å². The monoisotopic (exact) mass is 624 g/mol. The van der Waals surface area contributed by atoms with Crippen molar-refractivity contribution in [3.05, 3.63) is 121 Å². The molecule has 216 valence electrons. The lowest BCUT2D eigenvalue weighted by Gasteiger charge is -2.09. The first kappa shape index (κ1) is 30.5. The first-order valence-electron chi connectivity index (χ1n) is 12.3. The zero-order valence-corrected chi connectivity index (χ0v) is 24.8. The Balaban J connectivity index is 0.000000343. The molecule has 0 aliphatic heterocycles. The summed E-state index contributed by atoms with van der Waals surface area (Å²) in [7, 11) is 0.348. The van der Waals surface area contributed by atoms with Gasteiger partial charge in [-0.15, -0.1) is 0 Å². The standard InChI is InChI=1S/C24H20N2O5S.C6H5ClO2S/c1-30-18-14-12-17(13-15-18)23-16-22(20-10-6-7-11-21(20)24(27)31-2)25-26(23)32(28,29)19-8-4-3-5-9-19;7-10(8,9)6-4-2-1-3-5-6/h3-16H,1-2H3;1-5H. The van der Waals surface area contributed by atoms with E-state index in [2.05, 4.69) is 5.10 Å². The molecule has 0 N–H and O–H groups in total. The van der Waals surface area contributed by atoms with Crippen molar-refractivity contribution in [2.24, 2.45) is 0 Å². The van der Waals surface area contributed by atoms with E-state index in [4.69, 9.17) is 20.2 Å². The van der Waals surface area contributed by atoms with Gasteiger partial charge in [-0.05, 0) is 60.7 Å². The molecule has 42 heavy (non-hydrogen) atoms. The van der Waals surface area contributed by atoms with Crippen LogP contribution in [0, 0.1) is 0 Å². The highest BCUT2D eigenvalue weighted by atomic mass is 35.7. The van der Waals surface area contributed by atoms with Crippen LogP contribution in [0.5, 0.6) is 5.75 Å². The third-order valence-corrected chi connectivity index (χ3v) is 8.94. The van der Waals surface area contributed by atoms with Crippen LogP contribution in [0.4, 0.5) is 0 Å². The van der Waals surface area contributed by atoms with Gasteiger partial charge in [0, 0.05) is 21.8 Å². The van der Waals surface area contributed by atoms with Crippen molar-refractivity contribution in [2.75, 3.05) is 14.2 Å². The molecule has 0 atom stereocenters. The van der Waals surface area contributed by atoms with Crippen molar-refractivity contribution in [3.63, 3.8) is 0 Å². The van der Waals surface area contributed by atoms with Crippen molar-refractivity contribution >= 4 is 35.7 Å². The molecular formula is C30H25ClN2O7S2. The van der Waals surface area contributed by atoms with Gasteiger partial charge < -0.3 is 9.47 Å². The number of benzene rings is 4. The fourth-order valence-corrected chi connectivity index (χ4v) is 6.01. The summed E-state index contributed by atoms with van der Waals surface area (Å²) in [5.74, 6) is 0.106. The summed E-state index contributed by atoms with van der Waals surface area (Å²) in [6.07, 6.45) is 0. The van der Waals surface area contributed by atoms with Crippen LogP contribution in [0.3, 0.4) is 0 Å². The van der Waals surface area contributed by atoms with Gasteiger partial charge in [0.25, 0.3) is 19.1 Å². The smallest absolute Gasteiger partial charge is 0.338 e. The molecule has 0 saturated heterocycles. The van der Waals surface area contributed by atoms with E-state index in [0.717, 1.165) is 4.09 Å². The lowest BCUT2D eigenvalue weighted by atomic mass is 10.0. The van der Waals surface area contributed by atoms with Crippen LogP contribution in [0.25, 0.3) is 22.5 Å². The molecule has 0 aliphatic carbocycles.